The second kappa shape index (κ2) is 11.1. The zero-order valence-electron chi connectivity index (χ0n) is 20.7. The number of benzene rings is 3. The summed E-state index contributed by atoms with van der Waals surface area (Å²) in [7, 11) is 0. The number of H-pyrrole nitrogens is 1. The Labute approximate surface area is 254 Å². The van der Waals surface area contributed by atoms with Gasteiger partial charge in [-0.1, -0.05) is 34.8 Å². The molecule has 1 saturated carbocycles. The number of aromatic nitrogens is 1. The number of halogens is 5. The summed E-state index contributed by atoms with van der Waals surface area (Å²) >= 11 is 31.4. The molecule has 12 heteroatoms. The molecule has 5 rings (SSSR count). The van der Waals surface area contributed by atoms with Crippen LogP contribution in [0.15, 0.2) is 60.7 Å². The van der Waals surface area contributed by atoms with E-state index in [0.29, 0.717) is 43.6 Å². The largest absolute Gasteiger partial charge is 0.461 e. The van der Waals surface area contributed by atoms with Crippen molar-refractivity contribution >= 4 is 98.1 Å². The Morgan fingerprint density at radius 1 is 0.900 bits per heavy atom. The van der Waals surface area contributed by atoms with Crippen LogP contribution < -0.4 is 10.6 Å². The molecule has 1 fully saturated rings. The van der Waals surface area contributed by atoms with Gasteiger partial charge in [-0.2, -0.15) is 0 Å². The number of nitrogens with one attached hydrogen (secondary N) is 3. The molecule has 2 amide bonds. The first kappa shape index (κ1) is 28.6. The van der Waals surface area contributed by atoms with Crippen LogP contribution in [0.4, 0.5) is 11.4 Å². The first-order chi connectivity index (χ1) is 19.0. The molecule has 0 saturated heterocycles. The number of aromatic amines is 1. The van der Waals surface area contributed by atoms with E-state index < -0.39 is 34.0 Å². The van der Waals surface area contributed by atoms with Crippen LogP contribution in [0.2, 0.25) is 15.1 Å². The predicted octanol–water partition coefficient (Wildman–Crippen LogP) is 8.08. The highest BCUT2D eigenvalue weighted by atomic mass is 35.5. The first-order valence-corrected chi connectivity index (χ1v) is 13.9. The number of esters is 1. The van der Waals surface area contributed by atoms with Gasteiger partial charge in [-0.3, -0.25) is 9.59 Å². The third-order valence-electron chi connectivity index (χ3n) is 6.43. The van der Waals surface area contributed by atoms with Gasteiger partial charge in [0.25, 0.3) is 5.91 Å². The summed E-state index contributed by atoms with van der Waals surface area (Å²) in [5.74, 6) is -2.69. The number of hydrogen-bond acceptors (Lipinski definition) is 4. The Bertz CT molecular complexity index is 1650. The zero-order valence-corrected chi connectivity index (χ0v) is 24.4. The minimum atomic E-state index is -1.35. The molecule has 40 heavy (non-hydrogen) atoms. The molecule has 0 spiro atoms. The molecule has 0 bridgehead atoms. The van der Waals surface area contributed by atoms with Gasteiger partial charge in [0.1, 0.15) is 10.0 Å². The maximum atomic E-state index is 13.1. The van der Waals surface area contributed by atoms with Crippen LogP contribution >= 0.6 is 58.0 Å². The summed E-state index contributed by atoms with van der Waals surface area (Å²) in [5, 5.41) is 7.25. The summed E-state index contributed by atoms with van der Waals surface area (Å²) in [6.45, 7) is 1.98. The molecule has 0 radical (unpaired) electrons. The molecular formula is C28H20Cl5N3O4. The van der Waals surface area contributed by atoms with E-state index in [-0.39, 0.29) is 17.2 Å². The Balaban J connectivity index is 1.31. The Morgan fingerprint density at radius 3 is 2.27 bits per heavy atom. The molecule has 3 N–H and O–H groups in total. The Kier molecular flexibility index (Phi) is 7.97. The average molecular weight is 640 g/mol. The second-order valence-corrected chi connectivity index (χ2v) is 11.9. The fraction of sp³-hybridized carbons (Fsp3) is 0.179. The summed E-state index contributed by atoms with van der Waals surface area (Å²) in [4.78, 5) is 41.2. The van der Waals surface area contributed by atoms with Gasteiger partial charge in [0.15, 0.2) is 0 Å². The van der Waals surface area contributed by atoms with Crippen molar-refractivity contribution in [3.8, 4) is 0 Å². The second-order valence-electron chi connectivity index (χ2n) is 9.18. The summed E-state index contributed by atoms with van der Waals surface area (Å²) in [6.07, 6.45) is 0. The van der Waals surface area contributed by atoms with Crippen LogP contribution in [0.5, 0.6) is 0 Å². The summed E-state index contributed by atoms with van der Waals surface area (Å²) in [5.41, 5.74) is 2.61. The number of fused-ring (bicyclic) bond motifs is 1. The zero-order chi connectivity index (χ0) is 28.8. The number of anilines is 2. The third kappa shape index (κ3) is 5.76. The minimum absolute atomic E-state index is 0.137. The van der Waals surface area contributed by atoms with E-state index in [1.807, 2.05) is 0 Å². The summed E-state index contributed by atoms with van der Waals surface area (Å²) < 4.78 is 3.67. The molecule has 4 aromatic rings. The molecule has 1 aliphatic rings. The lowest BCUT2D eigenvalue weighted by molar-refractivity contribution is -0.117. The monoisotopic (exact) mass is 637 g/mol. The fourth-order valence-corrected chi connectivity index (χ4v) is 6.12. The molecule has 7 nitrogen and oxygen atoms in total. The van der Waals surface area contributed by atoms with Crippen molar-refractivity contribution in [2.75, 3.05) is 17.2 Å². The Hall–Kier alpha value is -2.94. The van der Waals surface area contributed by atoms with Crippen molar-refractivity contribution in [2.45, 2.75) is 17.2 Å². The summed E-state index contributed by atoms with van der Waals surface area (Å²) in [6, 6.07) is 16.2. The normalized spacial score (nSPS) is 17.4. The van der Waals surface area contributed by atoms with Gasteiger partial charge in [-0.25, -0.2) is 4.79 Å². The van der Waals surface area contributed by atoms with Gasteiger partial charge in [0, 0.05) is 38.2 Å². The van der Waals surface area contributed by atoms with E-state index in [4.69, 9.17) is 62.7 Å². The van der Waals surface area contributed by atoms with Gasteiger partial charge < -0.3 is 20.4 Å². The molecular weight excluding hydrogens is 620 g/mol. The van der Waals surface area contributed by atoms with Gasteiger partial charge in [-0.15, -0.1) is 23.2 Å². The lowest BCUT2D eigenvalue weighted by atomic mass is 10.1. The minimum Gasteiger partial charge on any atom is -0.461 e. The van der Waals surface area contributed by atoms with Crippen molar-refractivity contribution in [2.24, 2.45) is 5.92 Å². The van der Waals surface area contributed by atoms with E-state index >= 15 is 0 Å². The van der Waals surface area contributed by atoms with E-state index in [0.717, 1.165) is 0 Å². The number of rotatable bonds is 7. The molecule has 0 aliphatic heterocycles. The van der Waals surface area contributed by atoms with E-state index in [2.05, 4.69) is 15.6 Å². The standard InChI is InChI=1S/C28H20Cl5N3O4/c1-2-40-27(39)22-10-13-9-17(4-6-21(13)36-22)34-25(37)19-12-18(3-5-20(19)31)35-26(38)24-23(28(24,32)33)14-7-15(29)11-16(30)8-14/h3-12,23-24,36H,2H2,1H3,(H,34,37)(H,35,38)/t23-,24+/m0/s1. The highest BCUT2D eigenvalue weighted by Crippen LogP contribution is 2.65. The van der Waals surface area contributed by atoms with Gasteiger partial charge in [-0.05, 0) is 73.2 Å². The van der Waals surface area contributed by atoms with Crippen molar-refractivity contribution < 1.29 is 19.1 Å². The number of carbonyl (C=O) groups excluding carboxylic acids is 3. The molecule has 3 aromatic carbocycles. The average Bonchev–Trinajstić information content (AvgIpc) is 3.23. The van der Waals surface area contributed by atoms with E-state index in [1.54, 1.807) is 55.5 Å². The lowest BCUT2D eigenvalue weighted by Gasteiger charge is -2.10. The quantitative estimate of drug-likeness (QED) is 0.141. The van der Waals surface area contributed by atoms with Crippen LogP contribution in [-0.2, 0) is 9.53 Å². The molecule has 0 unspecified atom stereocenters. The topological polar surface area (TPSA) is 100 Å². The van der Waals surface area contributed by atoms with Crippen LogP contribution in [0.1, 0.15) is 39.3 Å². The first-order valence-electron chi connectivity index (χ1n) is 12.0. The van der Waals surface area contributed by atoms with Crippen molar-refractivity contribution in [3.05, 3.63) is 92.6 Å². The Morgan fingerprint density at radius 2 is 1.57 bits per heavy atom. The highest BCUT2D eigenvalue weighted by Gasteiger charge is 2.67. The van der Waals surface area contributed by atoms with E-state index in [9.17, 15) is 14.4 Å². The van der Waals surface area contributed by atoms with E-state index in [1.165, 1.54) is 12.1 Å². The molecule has 1 aliphatic carbocycles. The highest BCUT2D eigenvalue weighted by molar-refractivity contribution is 6.53. The molecule has 1 heterocycles. The molecule has 1 aromatic heterocycles. The van der Waals surface area contributed by atoms with Crippen molar-refractivity contribution in [1.82, 2.24) is 4.98 Å². The SMILES string of the molecule is CCOC(=O)c1cc2cc(NC(=O)c3cc(NC(=O)[C@H]4[C@H](c5cc(Cl)cc(Cl)c5)C4(Cl)Cl)ccc3Cl)ccc2[nH]1. The van der Waals surface area contributed by atoms with Crippen molar-refractivity contribution in [1.29, 1.82) is 0 Å². The van der Waals surface area contributed by atoms with Crippen LogP contribution in [-0.4, -0.2) is 33.7 Å². The van der Waals surface area contributed by atoms with Gasteiger partial charge in [0.05, 0.1) is 23.1 Å². The fourth-order valence-electron chi connectivity index (χ4n) is 4.55. The number of hydrogen-bond donors (Lipinski definition) is 3. The predicted molar refractivity (Wildman–Crippen MR) is 159 cm³/mol. The van der Waals surface area contributed by atoms with Crippen LogP contribution in [0, 0.1) is 5.92 Å². The smallest absolute Gasteiger partial charge is 0.354 e. The van der Waals surface area contributed by atoms with Crippen LogP contribution in [0.25, 0.3) is 10.9 Å². The van der Waals surface area contributed by atoms with Gasteiger partial charge >= 0.3 is 5.97 Å². The lowest BCUT2D eigenvalue weighted by Crippen LogP contribution is -2.18. The number of amides is 2. The van der Waals surface area contributed by atoms with Crippen LogP contribution in [0.3, 0.4) is 0 Å². The maximum absolute atomic E-state index is 13.1. The molecule has 2 atom stereocenters. The van der Waals surface area contributed by atoms with Gasteiger partial charge in [0.2, 0.25) is 5.91 Å². The third-order valence-corrected chi connectivity index (χ3v) is 8.14. The number of alkyl halides is 2. The van der Waals surface area contributed by atoms with Crippen molar-refractivity contribution in [3.63, 3.8) is 0 Å². The number of ether oxygens (including phenoxy) is 1. The molecule has 206 valence electrons. The maximum Gasteiger partial charge on any atom is 0.354 e. The number of carbonyl (C=O) groups is 3.